The molecule has 0 saturated heterocycles. The summed E-state index contributed by atoms with van der Waals surface area (Å²) in [5, 5.41) is 7.39. The summed E-state index contributed by atoms with van der Waals surface area (Å²) in [4.78, 5) is 33.4. The largest absolute Gasteiger partial charge is 0.497 e. The average Bonchev–Trinajstić information content (AvgIpc) is 3.10. The second-order valence-electron chi connectivity index (χ2n) is 7.77. The lowest BCUT2D eigenvalue weighted by atomic mass is 9.92. The number of ether oxygens (including phenoxy) is 1. The Labute approximate surface area is 182 Å². The minimum atomic E-state index is -0.488. The van der Waals surface area contributed by atoms with Gasteiger partial charge in [-0.2, -0.15) is 14.8 Å². The Bertz CT molecular complexity index is 1120. The summed E-state index contributed by atoms with van der Waals surface area (Å²) in [7, 11) is 1.53. The van der Waals surface area contributed by atoms with Crippen LogP contribution < -0.4 is 10.1 Å². The molecule has 0 spiro atoms. The molecule has 2 aromatic rings. The summed E-state index contributed by atoms with van der Waals surface area (Å²) in [5.74, 6) is 0.0947. The topological polar surface area (TPSA) is 97.9 Å². The van der Waals surface area contributed by atoms with Crippen LogP contribution in [-0.4, -0.2) is 40.4 Å². The molecule has 1 aromatic heterocycles. The average molecular weight is 472 g/mol. The van der Waals surface area contributed by atoms with Crippen molar-refractivity contribution in [1.82, 2.24) is 9.78 Å². The predicted octanol–water partition coefficient (Wildman–Crippen LogP) is 3.97. The van der Waals surface area contributed by atoms with Gasteiger partial charge in [0.25, 0.3) is 17.8 Å². The molecule has 3 rings (SSSR count). The third-order valence-corrected chi connectivity index (χ3v) is 5.18. The fourth-order valence-electron chi connectivity index (χ4n) is 2.63. The molecule has 0 atom stereocenters. The van der Waals surface area contributed by atoms with Crippen LogP contribution in [-0.2, 0) is 10.2 Å². The Morgan fingerprint density at radius 2 is 1.93 bits per heavy atom. The summed E-state index contributed by atoms with van der Waals surface area (Å²) < 4.78 is 7.18. The van der Waals surface area contributed by atoms with Crippen molar-refractivity contribution in [1.29, 1.82) is 0 Å². The highest BCUT2D eigenvalue weighted by Crippen LogP contribution is 2.27. The third kappa shape index (κ3) is 4.25. The number of amides is 2. The van der Waals surface area contributed by atoms with Crippen molar-refractivity contribution in [3.63, 3.8) is 0 Å². The summed E-state index contributed by atoms with van der Waals surface area (Å²) in [6.45, 7) is 11.3. The molecule has 0 unspecified atom stereocenters. The maximum atomic E-state index is 13.0. The first-order chi connectivity index (χ1) is 14.0. The number of carbonyl (C=O) groups is 2. The molecule has 1 aliphatic rings. The molecular weight excluding hydrogens is 450 g/mol. The van der Waals surface area contributed by atoms with Crippen LogP contribution in [0.15, 0.2) is 50.9 Å². The van der Waals surface area contributed by atoms with Gasteiger partial charge in [0.2, 0.25) is 0 Å². The molecule has 2 heterocycles. The summed E-state index contributed by atoms with van der Waals surface area (Å²) in [6.07, 6.45) is 0. The number of halogens is 1. The third-order valence-electron chi connectivity index (χ3n) is 4.49. The molecule has 9 heteroatoms. The van der Waals surface area contributed by atoms with Crippen molar-refractivity contribution in [3.05, 3.63) is 52.1 Å². The van der Waals surface area contributed by atoms with Crippen molar-refractivity contribution in [2.75, 3.05) is 12.4 Å². The predicted molar refractivity (Wildman–Crippen MR) is 120 cm³/mol. The Balaban J connectivity index is 2.06. The summed E-state index contributed by atoms with van der Waals surface area (Å²) in [5.41, 5.74) is 1.46. The van der Waals surface area contributed by atoms with Gasteiger partial charge in [-0.05, 0) is 41.1 Å². The number of methoxy groups -OCH3 is 1. The zero-order valence-electron chi connectivity index (χ0n) is 17.4. The number of hydrogen-bond donors (Lipinski definition) is 1. The molecule has 1 aliphatic heterocycles. The number of aromatic nitrogens is 2. The smallest absolute Gasteiger partial charge is 0.281 e. The first-order valence-electron chi connectivity index (χ1n) is 9.14. The SMILES string of the molecule is C=C1C(=O)N=C(n2nc(C(C)(C)C)cc2NC(=O)c2cc(OC)ccc2Br)N=C1C. The maximum absolute atomic E-state index is 13.0. The zero-order valence-corrected chi connectivity index (χ0v) is 19.0. The number of aliphatic imine (C=N–C) groups is 2. The minimum absolute atomic E-state index is 0.0698. The van der Waals surface area contributed by atoms with Crippen LogP contribution in [0.5, 0.6) is 5.75 Å². The lowest BCUT2D eigenvalue weighted by Gasteiger charge is -2.14. The van der Waals surface area contributed by atoms with Crippen molar-refractivity contribution in [2.24, 2.45) is 9.98 Å². The molecule has 8 nitrogen and oxygen atoms in total. The molecule has 1 aromatic carbocycles. The van der Waals surface area contributed by atoms with Crippen LogP contribution in [0, 0.1) is 0 Å². The van der Waals surface area contributed by atoms with E-state index in [-0.39, 0.29) is 22.9 Å². The van der Waals surface area contributed by atoms with Crippen LogP contribution in [0.25, 0.3) is 0 Å². The highest BCUT2D eigenvalue weighted by atomic mass is 79.9. The van der Waals surface area contributed by atoms with Crippen LogP contribution >= 0.6 is 15.9 Å². The molecule has 0 fully saturated rings. The van der Waals surface area contributed by atoms with E-state index in [9.17, 15) is 9.59 Å². The molecular formula is C21H22BrN5O3. The van der Waals surface area contributed by atoms with Gasteiger partial charge >= 0.3 is 0 Å². The number of benzene rings is 1. The van der Waals surface area contributed by atoms with E-state index < -0.39 is 5.91 Å². The van der Waals surface area contributed by atoms with E-state index in [1.54, 1.807) is 31.2 Å². The van der Waals surface area contributed by atoms with Gasteiger partial charge in [-0.3, -0.25) is 9.59 Å². The van der Waals surface area contributed by atoms with Gasteiger partial charge in [0, 0.05) is 16.0 Å². The van der Waals surface area contributed by atoms with Gasteiger partial charge < -0.3 is 10.1 Å². The van der Waals surface area contributed by atoms with E-state index in [4.69, 9.17) is 4.74 Å². The quantitative estimate of drug-likeness (QED) is 0.684. The lowest BCUT2D eigenvalue weighted by molar-refractivity contribution is -0.113. The first kappa shape index (κ1) is 21.6. The summed E-state index contributed by atoms with van der Waals surface area (Å²) in [6, 6.07) is 6.84. The second kappa shape index (κ2) is 7.98. The summed E-state index contributed by atoms with van der Waals surface area (Å²) >= 11 is 3.39. The van der Waals surface area contributed by atoms with E-state index in [0.29, 0.717) is 33.0 Å². The van der Waals surface area contributed by atoms with Gasteiger partial charge in [-0.25, -0.2) is 4.99 Å². The maximum Gasteiger partial charge on any atom is 0.281 e. The second-order valence-corrected chi connectivity index (χ2v) is 8.62. The number of hydrogen-bond acceptors (Lipinski definition) is 5. The molecule has 0 bridgehead atoms. The zero-order chi connectivity index (χ0) is 22.2. The number of nitrogens with one attached hydrogen (secondary N) is 1. The standard InChI is InChI=1S/C21H22BrN5O3/c1-11-12(2)23-20(25-18(11)28)27-17(10-16(26-27)21(3,4)5)24-19(29)14-9-13(30-6)7-8-15(14)22/h7-10H,1H2,2-6H3,(H,24,29). The lowest BCUT2D eigenvalue weighted by Crippen LogP contribution is -2.25. The Hall–Kier alpha value is -3.07. The molecule has 0 radical (unpaired) electrons. The molecule has 30 heavy (non-hydrogen) atoms. The van der Waals surface area contributed by atoms with E-state index in [1.165, 1.54) is 11.8 Å². The van der Waals surface area contributed by atoms with Crippen LogP contribution in [0.3, 0.4) is 0 Å². The number of rotatable bonds is 3. The Morgan fingerprint density at radius 3 is 2.53 bits per heavy atom. The van der Waals surface area contributed by atoms with Crippen LogP contribution in [0.2, 0.25) is 0 Å². The number of anilines is 1. The molecule has 156 valence electrons. The van der Waals surface area contributed by atoms with Gasteiger partial charge in [0.05, 0.1) is 29.7 Å². The highest BCUT2D eigenvalue weighted by Gasteiger charge is 2.26. The van der Waals surface area contributed by atoms with Crippen molar-refractivity contribution in [3.8, 4) is 5.75 Å². The van der Waals surface area contributed by atoms with E-state index in [2.05, 4.69) is 42.9 Å². The van der Waals surface area contributed by atoms with Crippen molar-refractivity contribution >= 4 is 45.2 Å². The van der Waals surface area contributed by atoms with E-state index in [0.717, 1.165) is 0 Å². The van der Waals surface area contributed by atoms with Gasteiger partial charge in [-0.15, -0.1) is 0 Å². The van der Waals surface area contributed by atoms with Crippen LogP contribution in [0.1, 0.15) is 43.7 Å². The monoisotopic (exact) mass is 471 g/mol. The molecule has 1 N–H and O–H groups in total. The van der Waals surface area contributed by atoms with Crippen molar-refractivity contribution < 1.29 is 14.3 Å². The Morgan fingerprint density at radius 1 is 1.23 bits per heavy atom. The van der Waals surface area contributed by atoms with Gasteiger partial charge in [-0.1, -0.05) is 27.4 Å². The van der Waals surface area contributed by atoms with Crippen LogP contribution in [0.4, 0.5) is 5.82 Å². The molecule has 0 saturated carbocycles. The first-order valence-corrected chi connectivity index (χ1v) is 9.94. The fraction of sp³-hybridized carbons (Fsp3) is 0.286. The van der Waals surface area contributed by atoms with Crippen molar-refractivity contribution in [2.45, 2.75) is 33.1 Å². The number of nitrogens with zero attached hydrogens (tertiary/aromatic N) is 4. The van der Waals surface area contributed by atoms with Gasteiger partial charge in [0.15, 0.2) is 0 Å². The number of carbonyl (C=O) groups excluding carboxylic acids is 2. The van der Waals surface area contributed by atoms with Gasteiger partial charge in [0.1, 0.15) is 11.6 Å². The molecule has 2 amide bonds. The molecule has 0 aliphatic carbocycles. The minimum Gasteiger partial charge on any atom is -0.497 e. The Kier molecular flexibility index (Phi) is 5.76. The fourth-order valence-corrected chi connectivity index (χ4v) is 3.06. The highest BCUT2D eigenvalue weighted by molar-refractivity contribution is 9.10. The normalized spacial score (nSPS) is 14.3. The van der Waals surface area contributed by atoms with E-state index in [1.807, 2.05) is 20.8 Å². The van der Waals surface area contributed by atoms with E-state index >= 15 is 0 Å².